The highest BCUT2D eigenvalue weighted by atomic mass is 28.4. The Morgan fingerprint density at radius 3 is 2.71 bits per heavy atom. The second-order valence-electron chi connectivity index (χ2n) is 8.19. The predicted molar refractivity (Wildman–Crippen MR) is 90.9 cm³/mol. The van der Waals surface area contributed by atoms with Crippen molar-refractivity contribution in [2.24, 2.45) is 5.92 Å². The van der Waals surface area contributed by atoms with Crippen LogP contribution in [0.4, 0.5) is 0 Å². The van der Waals surface area contributed by atoms with Crippen molar-refractivity contribution >= 4 is 14.1 Å². The second-order valence-corrected chi connectivity index (χ2v) is 12.9. The van der Waals surface area contributed by atoms with Crippen LogP contribution >= 0.6 is 0 Å². The van der Waals surface area contributed by atoms with Crippen LogP contribution in [-0.2, 0) is 9.22 Å². The number of rotatable bonds is 5. The Balaban J connectivity index is 2.33. The van der Waals surface area contributed by atoms with Crippen molar-refractivity contribution in [3.63, 3.8) is 0 Å². The van der Waals surface area contributed by atoms with Crippen molar-refractivity contribution in [1.29, 1.82) is 0 Å². The van der Waals surface area contributed by atoms with E-state index < -0.39 is 8.32 Å². The standard InChI is InChI=1S/C18H30O2Si/c1-7-8-10-18(20-21(5,6)17(2,3)4)11-9-14-12-15(19)13-16(14)18/h7,13-14H,1,8-12H2,2-6H3/t14-,18+/m1/s1. The molecule has 0 radical (unpaired) electrons. The molecule has 0 aromatic rings. The fourth-order valence-electron chi connectivity index (χ4n) is 3.42. The van der Waals surface area contributed by atoms with Gasteiger partial charge in [-0.05, 0) is 61.4 Å². The summed E-state index contributed by atoms with van der Waals surface area (Å²) in [5, 5.41) is 0.190. The summed E-state index contributed by atoms with van der Waals surface area (Å²) < 4.78 is 6.89. The van der Waals surface area contributed by atoms with E-state index in [4.69, 9.17) is 4.43 Å². The lowest BCUT2D eigenvalue weighted by Crippen LogP contribution is -2.49. The monoisotopic (exact) mass is 306 g/mol. The maximum absolute atomic E-state index is 11.8. The first kappa shape index (κ1) is 16.7. The van der Waals surface area contributed by atoms with Gasteiger partial charge in [0.15, 0.2) is 14.1 Å². The van der Waals surface area contributed by atoms with Crippen molar-refractivity contribution in [2.75, 3.05) is 0 Å². The largest absolute Gasteiger partial charge is 0.408 e. The molecule has 1 saturated carbocycles. The van der Waals surface area contributed by atoms with E-state index in [-0.39, 0.29) is 16.4 Å². The number of carbonyl (C=O) groups excluding carboxylic acids is 1. The predicted octanol–water partition coefficient (Wildman–Crippen LogP) is 5.02. The van der Waals surface area contributed by atoms with Gasteiger partial charge in [0, 0.05) is 6.42 Å². The molecule has 1 fully saturated rings. The molecule has 118 valence electrons. The van der Waals surface area contributed by atoms with E-state index in [1.165, 1.54) is 5.57 Å². The van der Waals surface area contributed by atoms with Crippen LogP contribution in [0.2, 0.25) is 18.1 Å². The summed E-state index contributed by atoms with van der Waals surface area (Å²) in [5.41, 5.74) is 1.09. The Kier molecular flexibility index (Phi) is 4.38. The molecule has 0 spiro atoms. The quantitative estimate of drug-likeness (QED) is 0.526. The lowest BCUT2D eigenvalue weighted by molar-refractivity contribution is -0.114. The van der Waals surface area contributed by atoms with E-state index in [1.54, 1.807) is 0 Å². The summed E-state index contributed by atoms with van der Waals surface area (Å²) in [4.78, 5) is 11.8. The van der Waals surface area contributed by atoms with Crippen LogP contribution in [0.5, 0.6) is 0 Å². The molecule has 2 nitrogen and oxygen atoms in total. The molecule has 0 N–H and O–H groups in total. The lowest BCUT2D eigenvalue weighted by atomic mass is 9.90. The zero-order chi connectivity index (χ0) is 15.9. The minimum atomic E-state index is -1.86. The second kappa shape index (κ2) is 5.51. The average Bonchev–Trinajstić information content (AvgIpc) is 2.85. The van der Waals surface area contributed by atoms with Crippen molar-refractivity contribution in [2.45, 2.75) is 76.6 Å². The molecule has 0 heterocycles. The van der Waals surface area contributed by atoms with Crippen molar-refractivity contribution in [1.82, 2.24) is 0 Å². The third kappa shape index (κ3) is 3.09. The average molecular weight is 307 g/mol. The summed E-state index contributed by atoms with van der Waals surface area (Å²) >= 11 is 0. The summed E-state index contributed by atoms with van der Waals surface area (Å²) in [6.45, 7) is 15.3. The molecule has 0 aliphatic heterocycles. The summed E-state index contributed by atoms with van der Waals surface area (Å²) in [6, 6.07) is 0. The van der Waals surface area contributed by atoms with Crippen molar-refractivity contribution < 1.29 is 9.22 Å². The van der Waals surface area contributed by atoms with E-state index in [9.17, 15) is 4.79 Å². The zero-order valence-corrected chi connectivity index (χ0v) is 15.3. The van der Waals surface area contributed by atoms with E-state index >= 15 is 0 Å². The molecule has 0 saturated heterocycles. The maximum Gasteiger partial charge on any atom is 0.193 e. The van der Waals surface area contributed by atoms with Crippen LogP contribution in [-0.4, -0.2) is 19.7 Å². The Hall–Kier alpha value is -0.673. The maximum atomic E-state index is 11.8. The topological polar surface area (TPSA) is 26.3 Å². The summed E-state index contributed by atoms with van der Waals surface area (Å²) in [7, 11) is -1.86. The summed E-state index contributed by atoms with van der Waals surface area (Å²) in [6.07, 6.45) is 8.66. The molecule has 2 rings (SSSR count). The van der Waals surface area contributed by atoms with Gasteiger partial charge in [0.2, 0.25) is 0 Å². The van der Waals surface area contributed by atoms with Gasteiger partial charge in [0.05, 0.1) is 5.60 Å². The molecule has 0 unspecified atom stereocenters. The zero-order valence-electron chi connectivity index (χ0n) is 14.3. The normalized spacial score (nSPS) is 29.5. The van der Waals surface area contributed by atoms with E-state index in [2.05, 4.69) is 40.4 Å². The van der Waals surface area contributed by atoms with Crippen LogP contribution in [0.3, 0.4) is 0 Å². The first-order valence-electron chi connectivity index (χ1n) is 8.17. The molecule has 21 heavy (non-hydrogen) atoms. The van der Waals surface area contributed by atoms with Crippen LogP contribution < -0.4 is 0 Å². The number of hydrogen-bond acceptors (Lipinski definition) is 2. The summed E-state index contributed by atoms with van der Waals surface area (Å²) in [5.74, 6) is 0.726. The van der Waals surface area contributed by atoms with Gasteiger partial charge in [-0.1, -0.05) is 26.8 Å². The number of ketones is 1. The van der Waals surface area contributed by atoms with Gasteiger partial charge >= 0.3 is 0 Å². The SMILES string of the molecule is C=CCC[C@]1(O[Si](C)(C)C(C)(C)C)CC[C@@H]2CC(=O)C=C21. The molecular weight excluding hydrogens is 276 g/mol. The number of allylic oxidation sites excluding steroid dienone is 2. The molecule has 0 amide bonds. The first-order valence-corrected chi connectivity index (χ1v) is 11.1. The van der Waals surface area contributed by atoms with Gasteiger partial charge < -0.3 is 4.43 Å². The van der Waals surface area contributed by atoms with Crippen LogP contribution in [0, 0.1) is 5.92 Å². The number of fused-ring (bicyclic) bond motifs is 1. The third-order valence-corrected chi connectivity index (χ3v) is 10.1. The lowest BCUT2D eigenvalue weighted by Gasteiger charge is -2.45. The molecule has 2 atom stereocenters. The molecule has 2 aliphatic carbocycles. The van der Waals surface area contributed by atoms with Gasteiger partial charge in [-0.25, -0.2) is 0 Å². The minimum Gasteiger partial charge on any atom is -0.408 e. The van der Waals surface area contributed by atoms with Crippen LogP contribution in [0.25, 0.3) is 0 Å². The molecule has 0 aromatic heterocycles. The molecule has 3 heteroatoms. The Labute approximate surface area is 130 Å². The fourth-order valence-corrected chi connectivity index (χ4v) is 5.03. The van der Waals surface area contributed by atoms with E-state index in [0.29, 0.717) is 12.3 Å². The highest BCUT2D eigenvalue weighted by Gasteiger charge is 2.52. The van der Waals surface area contributed by atoms with Gasteiger partial charge in [0.25, 0.3) is 0 Å². The molecule has 0 bridgehead atoms. The highest BCUT2D eigenvalue weighted by molar-refractivity contribution is 6.74. The van der Waals surface area contributed by atoms with Crippen molar-refractivity contribution in [3.05, 3.63) is 24.3 Å². The Morgan fingerprint density at radius 1 is 1.48 bits per heavy atom. The van der Waals surface area contributed by atoms with Gasteiger partial charge in [-0.3, -0.25) is 4.79 Å². The third-order valence-electron chi connectivity index (χ3n) is 5.64. The Morgan fingerprint density at radius 2 is 2.14 bits per heavy atom. The molecule has 2 aliphatic rings. The van der Waals surface area contributed by atoms with Crippen LogP contribution in [0.1, 0.15) is 52.9 Å². The van der Waals surface area contributed by atoms with Gasteiger partial charge in [-0.15, -0.1) is 6.58 Å². The van der Waals surface area contributed by atoms with Crippen molar-refractivity contribution in [3.8, 4) is 0 Å². The number of hydrogen-bond donors (Lipinski definition) is 0. The van der Waals surface area contributed by atoms with Gasteiger partial charge in [0.1, 0.15) is 0 Å². The van der Waals surface area contributed by atoms with E-state index in [0.717, 1.165) is 25.7 Å². The Bertz CT molecular complexity index is 470. The molecule has 0 aromatic carbocycles. The number of carbonyl (C=O) groups is 1. The fraction of sp³-hybridized carbons (Fsp3) is 0.722. The first-order chi connectivity index (χ1) is 9.61. The van der Waals surface area contributed by atoms with E-state index in [1.807, 2.05) is 12.2 Å². The smallest absolute Gasteiger partial charge is 0.193 e. The van der Waals surface area contributed by atoms with Crippen LogP contribution in [0.15, 0.2) is 24.3 Å². The minimum absolute atomic E-state index is 0.190. The van der Waals surface area contributed by atoms with Gasteiger partial charge in [-0.2, -0.15) is 0 Å². The highest BCUT2D eigenvalue weighted by Crippen LogP contribution is 2.53. The molecular formula is C18H30O2Si.